The molecule has 0 saturated heterocycles. The maximum absolute atomic E-state index is 12.0. The second-order valence-corrected chi connectivity index (χ2v) is 7.04. The molecule has 0 bridgehead atoms. The minimum atomic E-state index is -3.43. The van der Waals surface area contributed by atoms with Gasteiger partial charge in [-0.2, -0.15) is 0 Å². The quantitative estimate of drug-likeness (QED) is 0.688. The standard InChI is InChI=1S/C13H20N2O4S/c1-8(4-9(2)16)15-13(17)10-5-11(14)7-12(6-10)20(3,18)19/h5-9,16H,4,14H2,1-3H3,(H,15,17). The van der Waals surface area contributed by atoms with Crippen LogP contribution in [0.4, 0.5) is 5.69 Å². The molecule has 2 unspecified atom stereocenters. The highest BCUT2D eigenvalue weighted by molar-refractivity contribution is 7.90. The Labute approximate surface area is 118 Å². The molecule has 0 aromatic heterocycles. The third kappa shape index (κ3) is 4.82. The van der Waals surface area contributed by atoms with Gasteiger partial charge < -0.3 is 16.2 Å². The molecular weight excluding hydrogens is 280 g/mol. The van der Waals surface area contributed by atoms with Crippen LogP contribution >= 0.6 is 0 Å². The number of hydrogen-bond acceptors (Lipinski definition) is 5. The summed E-state index contributed by atoms with van der Waals surface area (Å²) < 4.78 is 23.0. The van der Waals surface area contributed by atoms with E-state index >= 15 is 0 Å². The largest absolute Gasteiger partial charge is 0.399 e. The molecular formula is C13H20N2O4S. The molecule has 1 aromatic rings. The Morgan fingerprint density at radius 3 is 2.45 bits per heavy atom. The van der Waals surface area contributed by atoms with Crippen molar-refractivity contribution in [2.45, 2.75) is 37.3 Å². The second-order valence-electron chi connectivity index (χ2n) is 5.02. The number of aliphatic hydroxyl groups is 1. The van der Waals surface area contributed by atoms with Crippen molar-refractivity contribution in [2.24, 2.45) is 0 Å². The van der Waals surface area contributed by atoms with E-state index in [2.05, 4.69) is 5.32 Å². The molecule has 112 valence electrons. The first kappa shape index (κ1) is 16.5. The predicted molar refractivity (Wildman–Crippen MR) is 77.2 cm³/mol. The summed E-state index contributed by atoms with van der Waals surface area (Å²) in [5.41, 5.74) is 6.01. The van der Waals surface area contributed by atoms with Gasteiger partial charge in [0.2, 0.25) is 0 Å². The van der Waals surface area contributed by atoms with Crippen LogP contribution in [0.2, 0.25) is 0 Å². The van der Waals surface area contributed by atoms with Gasteiger partial charge in [0.1, 0.15) is 0 Å². The molecule has 0 spiro atoms. The molecule has 0 aliphatic carbocycles. The Balaban J connectivity index is 2.97. The third-order valence-electron chi connectivity index (χ3n) is 2.69. The van der Waals surface area contributed by atoms with Crippen LogP contribution in [0, 0.1) is 0 Å². The third-order valence-corrected chi connectivity index (χ3v) is 3.78. The van der Waals surface area contributed by atoms with E-state index in [4.69, 9.17) is 5.73 Å². The number of nitrogens with one attached hydrogen (secondary N) is 1. The Morgan fingerprint density at radius 1 is 1.35 bits per heavy atom. The smallest absolute Gasteiger partial charge is 0.251 e. The van der Waals surface area contributed by atoms with Gasteiger partial charge in [0.15, 0.2) is 9.84 Å². The Hall–Kier alpha value is -1.60. The average Bonchev–Trinajstić information content (AvgIpc) is 2.25. The lowest BCUT2D eigenvalue weighted by Gasteiger charge is -2.16. The van der Waals surface area contributed by atoms with Crippen LogP contribution in [0.5, 0.6) is 0 Å². The van der Waals surface area contributed by atoms with Crippen LogP contribution in [0.15, 0.2) is 23.1 Å². The van der Waals surface area contributed by atoms with Crippen molar-refractivity contribution >= 4 is 21.4 Å². The van der Waals surface area contributed by atoms with E-state index in [1.54, 1.807) is 13.8 Å². The van der Waals surface area contributed by atoms with Gasteiger partial charge in [-0.3, -0.25) is 4.79 Å². The number of nitrogen functional groups attached to an aromatic ring is 1. The van der Waals surface area contributed by atoms with Gasteiger partial charge in [-0.05, 0) is 38.5 Å². The van der Waals surface area contributed by atoms with Crippen LogP contribution in [0.3, 0.4) is 0 Å². The van der Waals surface area contributed by atoms with Crippen molar-refractivity contribution in [1.29, 1.82) is 0 Å². The first-order chi connectivity index (χ1) is 9.09. The summed E-state index contributed by atoms with van der Waals surface area (Å²) in [4.78, 5) is 12.0. The Morgan fingerprint density at radius 2 is 1.95 bits per heavy atom. The summed E-state index contributed by atoms with van der Waals surface area (Å²) in [6, 6.07) is 3.78. The van der Waals surface area contributed by atoms with Gasteiger partial charge in [-0.15, -0.1) is 0 Å². The average molecular weight is 300 g/mol. The molecule has 0 heterocycles. The van der Waals surface area contributed by atoms with Gasteiger partial charge in [0, 0.05) is 23.5 Å². The zero-order valence-corrected chi connectivity index (χ0v) is 12.6. The topological polar surface area (TPSA) is 109 Å². The van der Waals surface area contributed by atoms with E-state index in [0.717, 1.165) is 6.26 Å². The molecule has 20 heavy (non-hydrogen) atoms. The molecule has 1 aromatic carbocycles. The van der Waals surface area contributed by atoms with Crippen LogP contribution in [0.1, 0.15) is 30.6 Å². The Bertz CT molecular complexity index is 596. The van der Waals surface area contributed by atoms with E-state index in [9.17, 15) is 18.3 Å². The molecule has 1 amide bonds. The van der Waals surface area contributed by atoms with Crippen molar-refractivity contribution in [3.8, 4) is 0 Å². The van der Waals surface area contributed by atoms with Crippen molar-refractivity contribution < 1.29 is 18.3 Å². The summed E-state index contributed by atoms with van der Waals surface area (Å²) >= 11 is 0. The highest BCUT2D eigenvalue weighted by atomic mass is 32.2. The van der Waals surface area contributed by atoms with Gasteiger partial charge in [-0.1, -0.05) is 0 Å². The van der Waals surface area contributed by atoms with Gasteiger partial charge in [-0.25, -0.2) is 8.42 Å². The van der Waals surface area contributed by atoms with E-state index in [0.29, 0.717) is 6.42 Å². The van der Waals surface area contributed by atoms with Gasteiger partial charge in [0.25, 0.3) is 5.91 Å². The minimum Gasteiger partial charge on any atom is -0.399 e. The number of hydrogen-bond donors (Lipinski definition) is 3. The van der Waals surface area contributed by atoms with Crippen LogP contribution < -0.4 is 11.1 Å². The molecule has 0 radical (unpaired) electrons. The monoisotopic (exact) mass is 300 g/mol. The van der Waals surface area contributed by atoms with E-state index < -0.39 is 21.8 Å². The predicted octanol–water partition coefficient (Wildman–Crippen LogP) is 0.561. The Kier molecular flexibility index (Phi) is 5.13. The molecule has 6 nitrogen and oxygen atoms in total. The van der Waals surface area contributed by atoms with E-state index in [1.807, 2.05) is 0 Å². The molecule has 0 fully saturated rings. The van der Waals surface area contributed by atoms with Crippen molar-refractivity contribution in [1.82, 2.24) is 5.32 Å². The molecule has 2 atom stereocenters. The molecule has 1 rings (SSSR count). The summed E-state index contributed by atoms with van der Waals surface area (Å²) in [6.07, 6.45) is 0.935. The summed E-state index contributed by atoms with van der Waals surface area (Å²) in [5.74, 6) is -0.421. The summed E-state index contributed by atoms with van der Waals surface area (Å²) in [6.45, 7) is 3.39. The van der Waals surface area contributed by atoms with E-state index in [-0.39, 0.29) is 22.2 Å². The van der Waals surface area contributed by atoms with Crippen molar-refractivity contribution in [3.63, 3.8) is 0 Å². The highest BCUT2D eigenvalue weighted by Gasteiger charge is 2.15. The second kappa shape index (κ2) is 6.23. The van der Waals surface area contributed by atoms with Crippen LogP contribution in [0.25, 0.3) is 0 Å². The lowest BCUT2D eigenvalue weighted by Crippen LogP contribution is -2.34. The lowest BCUT2D eigenvalue weighted by molar-refractivity contribution is 0.0923. The first-order valence-electron chi connectivity index (χ1n) is 6.19. The summed E-state index contributed by atoms with van der Waals surface area (Å²) in [7, 11) is -3.43. The fourth-order valence-corrected chi connectivity index (χ4v) is 2.54. The number of nitrogens with two attached hydrogens (primary N) is 1. The fraction of sp³-hybridized carbons (Fsp3) is 0.462. The molecule has 7 heteroatoms. The maximum atomic E-state index is 12.0. The SMILES string of the molecule is CC(O)CC(C)NC(=O)c1cc(N)cc(S(C)(=O)=O)c1. The normalized spacial score (nSPS) is 14.6. The number of benzene rings is 1. The highest BCUT2D eigenvalue weighted by Crippen LogP contribution is 2.17. The molecule has 0 aliphatic heterocycles. The number of carbonyl (C=O) groups is 1. The number of amides is 1. The number of carbonyl (C=O) groups excluding carboxylic acids is 1. The van der Waals surface area contributed by atoms with Gasteiger partial charge in [0.05, 0.1) is 11.0 Å². The van der Waals surface area contributed by atoms with Gasteiger partial charge >= 0.3 is 0 Å². The zero-order chi connectivity index (χ0) is 15.5. The minimum absolute atomic E-state index is 0.00540. The van der Waals surface area contributed by atoms with Crippen LogP contribution in [-0.2, 0) is 9.84 Å². The summed E-state index contributed by atoms with van der Waals surface area (Å²) in [5, 5.41) is 11.9. The van der Waals surface area contributed by atoms with Crippen molar-refractivity contribution in [2.75, 3.05) is 12.0 Å². The lowest BCUT2D eigenvalue weighted by atomic mass is 10.1. The number of sulfone groups is 1. The van der Waals surface area contributed by atoms with E-state index in [1.165, 1.54) is 18.2 Å². The first-order valence-corrected chi connectivity index (χ1v) is 8.08. The number of anilines is 1. The fourth-order valence-electron chi connectivity index (χ4n) is 1.84. The number of rotatable bonds is 5. The molecule has 4 N–H and O–H groups in total. The maximum Gasteiger partial charge on any atom is 0.251 e. The van der Waals surface area contributed by atoms with Crippen molar-refractivity contribution in [3.05, 3.63) is 23.8 Å². The molecule has 0 saturated carbocycles. The number of aliphatic hydroxyl groups excluding tert-OH is 1. The molecule has 0 aliphatic rings. The zero-order valence-electron chi connectivity index (χ0n) is 11.8. The van der Waals surface area contributed by atoms with Crippen LogP contribution in [-0.4, -0.2) is 37.8 Å².